The largest absolute Gasteiger partial charge is 0.396 e. The fourth-order valence-corrected chi connectivity index (χ4v) is 0.748. The van der Waals surface area contributed by atoms with Gasteiger partial charge in [-0.15, -0.1) is 0 Å². The van der Waals surface area contributed by atoms with Gasteiger partial charge in [0.15, 0.2) is 6.29 Å². The molecule has 0 heterocycles. The highest BCUT2D eigenvalue weighted by atomic mass is 16.5. The fraction of sp³-hybridized carbons (Fsp3) is 1.00. The van der Waals surface area contributed by atoms with E-state index in [1.807, 2.05) is 6.92 Å². The molecule has 0 bridgehead atoms. The van der Waals surface area contributed by atoms with E-state index in [0.29, 0.717) is 6.61 Å². The average Bonchev–Trinajstić information content (AvgIpc) is 2.16. The van der Waals surface area contributed by atoms with E-state index >= 15 is 0 Å². The van der Waals surface area contributed by atoms with Gasteiger partial charge in [-0.2, -0.15) is 0 Å². The lowest BCUT2D eigenvalue weighted by molar-refractivity contribution is -0.169. The van der Waals surface area contributed by atoms with Gasteiger partial charge in [0.1, 0.15) is 0 Å². The van der Waals surface area contributed by atoms with Crippen LogP contribution in [0.1, 0.15) is 13.8 Å². The van der Waals surface area contributed by atoms with E-state index in [9.17, 15) is 0 Å². The SMILES string of the molecule is CC(CO)COCC(C)(CO)C(O)O. The van der Waals surface area contributed by atoms with Gasteiger partial charge >= 0.3 is 0 Å². The number of aliphatic hydroxyl groups is 4. The van der Waals surface area contributed by atoms with E-state index in [4.69, 9.17) is 25.2 Å². The Kier molecular flexibility index (Phi) is 6.22. The van der Waals surface area contributed by atoms with E-state index in [-0.39, 0.29) is 25.7 Å². The Labute approximate surface area is 83.9 Å². The second-order valence-electron chi connectivity index (χ2n) is 3.99. The minimum absolute atomic E-state index is 0.00813. The minimum atomic E-state index is -1.61. The van der Waals surface area contributed by atoms with E-state index in [2.05, 4.69) is 0 Å². The molecule has 0 aliphatic carbocycles. The molecule has 0 aromatic rings. The Hall–Kier alpha value is -0.200. The Morgan fingerprint density at radius 1 is 1.29 bits per heavy atom. The molecule has 0 aromatic heterocycles. The second kappa shape index (κ2) is 6.31. The van der Waals surface area contributed by atoms with Crippen LogP contribution in [0, 0.1) is 11.3 Å². The molecule has 14 heavy (non-hydrogen) atoms. The van der Waals surface area contributed by atoms with E-state index < -0.39 is 11.7 Å². The lowest BCUT2D eigenvalue weighted by atomic mass is 9.92. The molecule has 0 saturated heterocycles. The molecule has 0 fully saturated rings. The molecule has 4 N–H and O–H groups in total. The smallest absolute Gasteiger partial charge is 0.161 e. The van der Waals surface area contributed by atoms with Crippen molar-refractivity contribution in [3.05, 3.63) is 0 Å². The minimum Gasteiger partial charge on any atom is -0.396 e. The van der Waals surface area contributed by atoms with Crippen LogP contribution < -0.4 is 0 Å². The van der Waals surface area contributed by atoms with Crippen molar-refractivity contribution < 1.29 is 25.2 Å². The number of hydrogen-bond acceptors (Lipinski definition) is 5. The molecular weight excluding hydrogens is 188 g/mol. The van der Waals surface area contributed by atoms with Crippen molar-refractivity contribution >= 4 is 0 Å². The average molecular weight is 208 g/mol. The van der Waals surface area contributed by atoms with Crippen molar-refractivity contribution in [3.8, 4) is 0 Å². The standard InChI is InChI=1S/C9H20O5/c1-7(3-10)4-14-6-9(2,5-11)8(12)13/h7-8,10-13H,3-6H2,1-2H3. The third kappa shape index (κ3) is 4.34. The van der Waals surface area contributed by atoms with E-state index in [1.54, 1.807) is 0 Å². The van der Waals surface area contributed by atoms with Crippen LogP contribution in [0.3, 0.4) is 0 Å². The molecule has 2 atom stereocenters. The fourth-order valence-electron chi connectivity index (χ4n) is 0.748. The maximum Gasteiger partial charge on any atom is 0.161 e. The van der Waals surface area contributed by atoms with Gasteiger partial charge in [-0.05, 0) is 0 Å². The highest BCUT2D eigenvalue weighted by molar-refractivity contribution is 4.74. The van der Waals surface area contributed by atoms with Crippen molar-refractivity contribution in [2.75, 3.05) is 26.4 Å². The zero-order chi connectivity index (χ0) is 11.2. The molecule has 5 nitrogen and oxygen atoms in total. The molecule has 0 rings (SSSR count). The van der Waals surface area contributed by atoms with Crippen LogP contribution >= 0.6 is 0 Å². The third-order valence-electron chi connectivity index (χ3n) is 2.13. The van der Waals surface area contributed by atoms with Crippen LogP contribution in [0.15, 0.2) is 0 Å². The van der Waals surface area contributed by atoms with Gasteiger partial charge in [-0.3, -0.25) is 0 Å². The first-order chi connectivity index (χ1) is 6.46. The van der Waals surface area contributed by atoms with Crippen LogP contribution in [0.4, 0.5) is 0 Å². The predicted molar refractivity (Wildman–Crippen MR) is 50.5 cm³/mol. The summed E-state index contributed by atoms with van der Waals surface area (Å²) in [6.45, 7) is 3.37. The third-order valence-corrected chi connectivity index (χ3v) is 2.13. The molecule has 0 saturated carbocycles. The molecule has 0 aliphatic rings. The van der Waals surface area contributed by atoms with Crippen molar-refractivity contribution in [2.24, 2.45) is 11.3 Å². The summed E-state index contributed by atoms with van der Waals surface area (Å²) in [5.41, 5.74) is -1.06. The van der Waals surface area contributed by atoms with Crippen molar-refractivity contribution in [1.82, 2.24) is 0 Å². The summed E-state index contributed by atoms with van der Waals surface area (Å²) in [7, 11) is 0. The van der Waals surface area contributed by atoms with Crippen molar-refractivity contribution in [1.29, 1.82) is 0 Å². The Morgan fingerprint density at radius 2 is 1.86 bits per heavy atom. The van der Waals surface area contributed by atoms with E-state index in [1.165, 1.54) is 6.92 Å². The van der Waals surface area contributed by atoms with Crippen molar-refractivity contribution in [3.63, 3.8) is 0 Å². The summed E-state index contributed by atoms with van der Waals surface area (Å²) < 4.78 is 5.16. The maximum atomic E-state index is 8.96. The van der Waals surface area contributed by atoms with Crippen molar-refractivity contribution in [2.45, 2.75) is 20.1 Å². The summed E-state index contributed by atoms with van der Waals surface area (Å²) in [6, 6.07) is 0. The zero-order valence-corrected chi connectivity index (χ0v) is 8.68. The lowest BCUT2D eigenvalue weighted by Gasteiger charge is -2.29. The molecule has 2 unspecified atom stereocenters. The summed E-state index contributed by atoms with van der Waals surface area (Å²) in [4.78, 5) is 0. The predicted octanol–water partition coefficient (Wildman–Crippen LogP) is -1.06. The monoisotopic (exact) mass is 208 g/mol. The first-order valence-corrected chi connectivity index (χ1v) is 4.62. The topological polar surface area (TPSA) is 90.2 Å². The van der Waals surface area contributed by atoms with Gasteiger partial charge in [0.2, 0.25) is 0 Å². The van der Waals surface area contributed by atoms with Gasteiger partial charge < -0.3 is 25.2 Å². The first kappa shape index (κ1) is 13.8. The zero-order valence-electron chi connectivity index (χ0n) is 8.68. The number of ether oxygens (including phenoxy) is 1. The molecule has 0 aliphatic heterocycles. The number of aliphatic hydroxyl groups excluding tert-OH is 3. The summed E-state index contributed by atoms with van der Waals surface area (Å²) in [5, 5.41) is 35.6. The Morgan fingerprint density at radius 3 is 2.21 bits per heavy atom. The van der Waals surface area contributed by atoms with Crippen LogP contribution in [-0.4, -0.2) is 53.1 Å². The molecule has 0 amide bonds. The highest BCUT2D eigenvalue weighted by Gasteiger charge is 2.31. The van der Waals surface area contributed by atoms with Gasteiger partial charge in [0.05, 0.1) is 25.2 Å². The highest BCUT2D eigenvalue weighted by Crippen LogP contribution is 2.19. The molecule has 0 spiro atoms. The Balaban J connectivity index is 3.84. The summed E-state index contributed by atoms with van der Waals surface area (Å²) in [5.74, 6) is 0.00813. The van der Waals surface area contributed by atoms with Crippen LogP contribution in [0.2, 0.25) is 0 Å². The van der Waals surface area contributed by atoms with Gasteiger partial charge in [0, 0.05) is 12.5 Å². The Bertz CT molecular complexity index is 150. The normalized spacial score (nSPS) is 18.2. The number of hydrogen-bond donors (Lipinski definition) is 4. The van der Waals surface area contributed by atoms with E-state index in [0.717, 1.165) is 0 Å². The molecule has 86 valence electrons. The number of rotatable bonds is 7. The molecule has 0 aromatic carbocycles. The van der Waals surface area contributed by atoms with Crippen LogP contribution in [-0.2, 0) is 4.74 Å². The first-order valence-electron chi connectivity index (χ1n) is 4.62. The second-order valence-corrected chi connectivity index (χ2v) is 3.99. The van der Waals surface area contributed by atoms with Crippen LogP contribution in [0.5, 0.6) is 0 Å². The summed E-state index contributed by atoms with van der Waals surface area (Å²) >= 11 is 0. The summed E-state index contributed by atoms with van der Waals surface area (Å²) in [6.07, 6.45) is -1.61. The quantitative estimate of drug-likeness (QED) is 0.400. The van der Waals surface area contributed by atoms with Gasteiger partial charge in [-0.25, -0.2) is 0 Å². The van der Waals surface area contributed by atoms with Gasteiger partial charge in [-0.1, -0.05) is 13.8 Å². The molecular formula is C9H20O5. The maximum absolute atomic E-state index is 8.96. The lowest BCUT2D eigenvalue weighted by Crippen LogP contribution is -2.40. The molecule has 5 heteroatoms. The molecule has 0 radical (unpaired) electrons. The van der Waals surface area contributed by atoms with Crippen LogP contribution in [0.25, 0.3) is 0 Å². The van der Waals surface area contributed by atoms with Gasteiger partial charge in [0.25, 0.3) is 0 Å².